The Morgan fingerprint density at radius 1 is 1.00 bits per heavy atom. The summed E-state index contributed by atoms with van der Waals surface area (Å²) in [4.78, 5) is 20.3. The van der Waals surface area contributed by atoms with Crippen molar-refractivity contribution < 1.29 is 9.18 Å². The zero-order valence-corrected chi connectivity index (χ0v) is 13.4. The van der Waals surface area contributed by atoms with E-state index in [2.05, 4.69) is 32.7 Å². The number of para-hydroxylation sites is 1. The van der Waals surface area contributed by atoms with Crippen LogP contribution in [-0.4, -0.2) is 22.4 Å². The van der Waals surface area contributed by atoms with Gasteiger partial charge in [0.2, 0.25) is 0 Å². The van der Waals surface area contributed by atoms with Crippen molar-refractivity contribution in [1.82, 2.24) is 9.97 Å². The van der Waals surface area contributed by atoms with Gasteiger partial charge in [-0.25, -0.2) is 14.4 Å². The topological polar surface area (TPSA) is 66.9 Å². The summed E-state index contributed by atoms with van der Waals surface area (Å²) in [5, 5.41) is 5.66. The molecule has 1 aromatic heterocycles. The lowest BCUT2D eigenvalue weighted by atomic mass is 10.1. The summed E-state index contributed by atoms with van der Waals surface area (Å²) in [5.41, 5.74) is 1.49. The third-order valence-corrected chi connectivity index (χ3v) is 3.58. The van der Waals surface area contributed by atoms with Crippen molar-refractivity contribution in [2.75, 3.05) is 17.2 Å². The smallest absolute Gasteiger partial charge is 0.274 e. The second-order valence-electron chi connectivity index (χ2n) is 5.38. The van der Waals surface area contributed by atoms with E-state index >= 15 is 0 Å². The third kappa shape index (κ3) is 4.60. The van der Waals surface area contributed by atoms with Crippen molar-refractivity contribution in [1.29, 1.82) is 0 Å². The number of carbonyl (C=O) groups is 1. The quantitative estimate of drug-likeness (QED) is 0.723. The molecule has 3 rings (SSSR count). The standard InChI is InChI=1S/C19H17FN4O/c20-15-8-4-5-9-16(15)24-19(25)17-12-18(23-13-22-17)21-11-10-14-6-2-1-3-7-14/h1-9,12-13H,10-11H2,(H,24,25)(H,21,22,23). The minimum atomic E-state index is -0.494. The molecule has 0 aliphatic heterocycles. The molecule has 0 saturated heterocycles. The number of nitrogens with one attached hydrogen (secondary N) is 2. The maximum atomic E-state index is 13.6. The first kappa shape index (κ1) is 16.6. The minimum absolute atomic E-state index is 0.115. The van der Waals surface area contributed by atoms with Crippen molar-refractivity contribution in [3.8, 4) is 0 Å². The van der Waals surface area contributed by atoms with Crippen molar-refractivity contribution in [3.63, 3.8) is 0 Å². The number of carbonyl (C=O) groups excluding carboxylic acids is 1. The number of anilines is 2. The van der Waals surface area contributed by atoms with Crippen LogP contribution in [0.3, 0.4) is 0 Å². The Hall–Kier alpha value is -3.28. The van der Waals surface area contributed by atoms with E-state index in [1.54, 1.807) is 18.2 Å². The van der Waals surface area contributed by atoms with Gasteiger partial charge in [0.15, 0.2) is 0 Å². The second kappa shape index (κ2) is 8.01. The van der Waals surface area contributed by atoms with E-state index in [1.807, 2.05) is 18.2 Å². The molecular weight excluding hydrogens is 319 g/mol. The lowest BCUT2D eigenvalue weighted by Gasteiger charge is -2.08. The van der Waals surface area contributed by atoms with Crippen LogP contribution in [0.1, 0.15) is 16.1 Å². The Balaban J connectivity index is 1.61. The van der Waals surface area contributed by atoms with Crippen LogP contribution in [0.5, 0.6) is 0 Å². The normalized spacial score (nSPS) is 10.3. The summed E-state index contributed by atoms with van der Waals surface area (Å²) in [6.07, 6.45) is 2.14. The monoisotopic (exact) mass is 336 g/mol. The summed E-state index contributed by atoms with van der Waals surface area (Å²) in [6.45, 7) is 0.676. The molecule has 3 aromatic rings. The molecule has 25 heavy (non-hydrogen) atoms. The molecule has 2 N–H and O–H groups in total. The molecule has 0 atom stereocenters. The van der Waals surface area contributed by atoms with Crippen LogP contribution in [0.2, 0.25) is 0 Å². The molecule has 1 amide bonds. The predicted molar refractivity (Wildman–Crippen MR) is 95.0 cm³/mol. The molecule has 5 nitrogen and oxygen atoms in total. The van der Waals surface area contributed by atoms with Crippen LogP contribution in [-0.2, 0) is 6.42 Å². The number of amides is 1. The maximum Gasteiger partial charge on any atom is 0.274 e. The fourth-order valence-corrected chi connectivity index (χ4v) is 2.31. The van der Waals surface area contributed by atoms with Gasteiger partial charge in [-0.1, -0.05) is 42.5 Å². The van der Waals surface area contributed by atoms with Gasteiger partial charge in [-0.2, -0.15) is 0 Å². The molecule has 0 saturated carbocycles. The van der Waals surface area contributed by atoms with Gasteiger partial charge in [-0.05, 0) is 24.1 Å². The first-order valence-electron chi connectivity index (χ1n) is 7.88. The van der Waals surface area contributed by atoms with E-state index in [-0.39, 0.29) is 11.4 Å². The van der Waals surface area contributed by atoms with Gasteiger partial charge in [0.1, 0.15) is 23.7 Å². The highest BCUT2D eigenvalue weighted by molar-refractivity contribution is 6.03. The van der Waals surface area contributed by atoms with Crippen LogP contribution in [0.4, 0.5) is 15.9 Å². The maximum absolute atomic E-state index is 13.6. The van der Waals surface area contributed by atoms with E-state index in [0.717, 1.165) is 6.42 Å². The predicted octanol–water partition coefficient (Wildman–Crippen LogP) is 3.52. The fraction of sp³-hybridized carbons (Fsp3) is 0.105. The van der Waals surface area contributed by atoms with Crippen LogP contribution in [0.25, 0.3) is 0 Å². The molecular formula is C19H17FN4O. The Morgan fingerprint density at radius 3 is 2.56 bits per heavy atom. The number of aromatic nitrogens is 2. The van der Waals surface area contributed by atoms with E-state index in [1.165, 1.54) is 24.0 Å². The Bertz CT molecular complexity index is 855. The molecule has 0 fully saturated rings. The summed E-state index contributed by atoms with van der Waals surface area (Å²) < 4.78 is 13.6. The zero-order chi connectivity index (χ0) is 17.5. The SMILES string of the molecule is O=C(Nc1ccccc1F)c1cc(NCCc2ccccc2)ncn1. The molecule has 0 radical (unpaired) electrons. The highest BCUT2D eigenvalue weighted by Gasteiger charge is 2.11. The van der Waals surface area contributed by atoms with Gasteiger partial charge in [-0.15, -0.1) is 0 Å². The molecule has 0 spiro atoms. The average molecular weight is 336 g/mol. The highest BCUT2D eigenvalue weighted by Crippen LogP contribution is 2.14. The second-order valence-corrected chi connectivity index (χ2v) is 5.38. The number of hydrogen-bond acceptors (Lipinski definition) is 4. The molecule has 126 valence electrons. The largest absolute Gasteiger partial charge is 0.370 e. The van der Waals surface area contributed by atoms with Gasteiger partial charge in [-0.3, -0.25) is 4.79 Å². The molecule has 0 unspecified atom stereocenters. The summed E-state index contributed by atoms with van der Waals surface area (Å²) >= 11 is 0. The van der Waals surface area contributed by atoms with E-state index in [9.17, 15) is 9.18 Å². The summed E-state index contributed by atoms with van der Waals surface area (Å²) in [7, 11) is 0. The number of benzene rings is 2. The lowest BCUT2D eigenvalue weighted by molar-refractivity contribution is 0.102. The van der Waals surface area contributed by atoms with E-state index < -0.39 is 11.7 Å². The van der Waals surface area contributed by atoms with Crippen molar-refractivity contribution in [2.24, 2.45) is 0 Å². The van der Waals surface area contributed by atoms with E-state index in [0.29, 0.717) is 12.4 Å². The van der Waals surface area contributed by atoms with Crippen LogP contribution in [0, 0.1) is 5.82 Å². The molecule has 6 heteroatoms. The van der Waals surface area contributed by atoms with Crippen LogP contribution < -0.4 is 10.6 Å². The van der Waals surface area contributed by atoms with Crippen LogP contribution in [0.15, 0.2) is 67.0 Å². The molecule has 0 aliphatic rings. The molecule has 0 aliphatic carbocycles. The van der Waals surface area contributed by atoms with Crippen molar-refractivity contribution >= 4 is 17.4 Å². The van der Waals surface area contributed by atoms with Gasteiger partial charge in [0, 0.05) is 12.6 Å². The number of hydrogen-bond donors (Lipinski definition) is 2. The number of rotatable bonds is 6. The van der Waals surface area contributed by atoms with Crippen LogP contribution >= 0.6 is 0 Å². The summed E-state index contributed by atoms with van der Waals surface area (Å²) in [6, 6.07) is 17.6. The highest BCUT2D eigenvalue weighted by atomic mass is 19.1. The Morgan fingerprint density at radius 2 is 1.76 bits per heavy atom. The van der Waals surface area contributed by atoms with Crippen molar-refractivity contribution in [3.05, 3.63) is 84.1 Å². The average Bonchev–Trinajstić information content (AvgIpc) is 2.65. The van der Waals surface area contributed by atoms with E-state index in [4.69, 9.17) is 0 Å². The lowest BCUT2D eigenvalue weighted by Crippen LogP contribution is -2.16. The number of nitrogens with zero attached hydrogens (tertiary/aromatic N) is 2. The first-order valence-corrected chi connectivity index (χ1v) is 7.88. The zero-order valence-electron chi connectivity index (χ0n) is 13.4. The van der Waals surface area contributed by atoms with Gasteiger partial charge >= 0.3 is 0 Å². The Labute approximate surface area is 145 Å². The van der Waals surface area contributed by atoms with Gasteiger partial charge in [0.25, 0.3) is 5.91 Å². The first-order chi connectivity index (χ1) is 12.2. The Kier molecular flexibility index (Phi) is 5.31. The number of halogens is 1. The molecule has 0 bridgehead atoms. The summed E-state index contributed by atoms with van der Waals surface area (Å²) in [5.74, 6) is -0.436. The third-order valence-electron chi connectivity index (χ3n) is 3.58. The molecule has 1 heterocycles. The van der Waals surface area contributed by atoms with Gasteiger partial charge in [0.05, 0.1) is 5.69 Å². The molecule has 2 aromatic carbocycles. The van der Waals surface area contributed by atoms with Crippen molar-refractivity contribution in [2.45, 2.75) is 6.42 Å². The minimum Gasteiger partial charge on any atom is -0.370 e. The van der Waals surface area contributed by atoms with Gasteiger partial charge < -0.3 is 10.6 Å². The fourth-order valence-electron chi connectivity index (χ4n) is 2.31.